The molecule has 4 aromatic rings. The van der Waals surface area contributed by atoms with Crippen molar-refractivity contribution in [2.24, 2.45) is 0 Å². The first-order chi connectivity index (χ1) is 14.9. The molecular weight excluding hydrogens is 360 g/mol. The van der Waals surface area contributed by atoms with E-state index in [1.54, 1.807) is 0 Å². The van der Waals surface area contributed by atoms with Crippen molar-refractivity contribution >= 4 is 0 Å². The number of hydrogen-bond donors (Lipinski definition) is 0. The van der Waals surface area contributed by atoms with Gasteiger partial charge in [0.05, 0.1) is 0 Å². The number of rotatable bonds is 5. The Morgan fingerprint density at radius 1 is 0.333 bits per heavy atom. The molecule has 0 bridgehead atoms. The lowest BCUT2D eigenvalue weighted by Gasteiger charge is -2.07. The van der Waals surface area contributed by atoms with E-state index in [0.717, 1.165) is 12.8 Å². The molecule has 30 heavy (non-hydrogen) atoms. The molecule has 0 amide bonds. The van der Waals surface area contributed by atoms with Crippen LogP contribution in [0.1, 0.15) is 49.9 Å². The Kier molecular flexibility index (Phi) is 10.2. The summed E-state index contributed by atoms with van der Waals surface area (Å²) in [5.74, 6) is 0. The summed E-state index contributed by atoms with van der Waals surface area (Å²) >= 11 is 0. The van der Waals surface area contributed by atoms with Gasteiger partial charge in [-0.05, 0) is 46.2 Å². The van der Waals surface area contributed by atoms with E-state index in [4.69, 9.17) is 0 Å². The van der Waals surface area contributed by atoms with Gasteiger partial charge in [-0.2, -0.15) is 0 Å². The summed E-state index contributed by atoms with van der Waals surface area (Å²) in [6, 6.07) is 39.1. The SMILES string of the molecule is CC.CC.c1ccc(Cc2ccc(-c3ccc(Cc4ccccc4)cc3)cc2)cc1. The van der Waals surface area contributed by atoms with E-state index in [1.807, 2.05) is 27.7 Å². The third kappa shape index (κ3) is 7.04. The molecule has 4 aromatic carbocycles. The predicted molar refractivity (Wildman–Crippen MR) is 133 cm³/mol. The van der Waals surface area contributed by atoms with E-state index in [-0.39, 0.29) is 0 Å². The van der Waals surface area contributed by atoms with Gasteiger partial charge in [0, 0.05) is 0 Å². The van der Waals surface area contributed by atoms with Crippen LogP contribution in [0.15, 0.2) is 109 Å². The van der Waals surface area contributed by atoms with Crippen molar-refractivity contribution in [3.05, 3.63) is 131 Å². The summed E-state index contributed by atoms with van der Waals surface area (Å²) in [6.45, 7) is 8.00. The molecule has 4 rings (SSSR count). The second-order valence-corrected chi connectivity index (χ2v) is 6.72. The summed E-state index contributed by atoms with van der Waals surface area (Å²) in [6.07, 6.45) is 1.97. The largest absolute Gasteiger partial charge is 0.0683 e. The van der Waals surface area contributed by atoms with Gasteiger partial charge < -0.3 is 0 Å². The minimum Gasteiger partial charge on any atom is -0.0683 e. The summed E-state index contributed by atoms with van der Waals surface area (Å²) in [7, 11) is 0. The van der Waals surface area contributed by atoms with Gasteiger partial charge in [-0.15, -0.1) is 0 Å². The lowest BCUT2D eigenvalue weighted by atomic mass is 9.98. The fraction of sp³-hybridized carbons (Fsp3) is 0.200. The topological polar surface area (TPSA) is 0 Å². The standard InChI is InChI=1S/C26H22.2C2H6/c1-3-7-21(8-4-1)19-23-11-15-25(16-12-23)26-17-13-24(14-18-26)20-22-9-5-2-6-10-22;2*1-2/h1-18H,19-20H2;2*1-2H3. The van der Waals surface area contributed by atoms with Crippen LogP contribution in [0.3, 0.4) is 0 Å². The smallest absolute Gasteiger partial charge is 0.00258 e. The molecular formula is C30H34. The van der Waals surface area contributed by atoms with Crippen molar-refractivity contribution in [2.45, 2.75) is 40.5 Å². The Bertz CT molecular complexity index is 851. The summed E-state index contributed by atoms with van der Waals surface area (Å²) in [4.78, 5) is 0. The Balaban J connectivity index is 0.000000757. The van der Waals surface area contributed by atoms with E-state index in [0.29, 0.717) is 0 Å². The normalized spacial score (nSPS) is 9.60. The van der Waals surface area contributed by atoms with Crippen molar-refractivity contribution in [3.63, 3.8) is 0 Å². The molecule has 0 spiro atoms. The molecule has 0 heteroatoms. The molecule has 0 aliphatic rings. The van der Waals surface area contributed by atoms with Gasteiger partial charge in [0.25, 0.3) is 0 Å². The highest BCUT2D eigenvalue weighted by atomic mass is 14.1. The molecule has 0 nitrogen and oxygen atoms in total. The van der Waals surface area contributed by atoms with Gasteiger partial charge >= 0.3 is 0 Å². The van der Waals surface area contributed by atoms with E-state index >= 15 is 0 Å². The molecule has 154 valence electrons. The minimum atomic E-state index is 0.983. The molecule has 0 saturated carbocycles. The maximum Gasteiger partial charge on any atom is -0.00258 e. The quantitative estimate of drug-likeness (QED) is 0.318. The Morgan fingerprint density at radius 3 is 0.900 bits per heavy atom. The van der Waals surface area contributed by atoms with Gasteiger partial charge in [-0.1, -0.05) is 137 Å². The van der Waals surface area contributed by atoms with Crippen LogP contribution in [0.4, 0.5) is 0 Å². The van der Waals surface area contributed by atoms with Crippen molar-refractivity contribution in [1.82, 2.24) is 0 Å². The van der Waals surface area contributed by atoms with E-state index in [9.17, 15) is 0 Å². The molecule has 0 heterocycles. The van der Waals surface area contributed by atoms with E-state index in [2.05, 4.69) is 109 Å². The second-order valence-electron chi connectivity index (χ2n) is 6.72. The average Bonchev–Trinajstić information content (AvgIpc) is 2.84. The van der Waals surface area contributed by atoms with Crippen LogP contribution in [0, 0.1) is 0 Å². The van der Waals surface area contributed by atoms with E-state index < -0.39 is 0 Å². The first-order valence-corrected chi connectivity index (χ1v) is 11.1. The fourth-order valence-electron chi connectivity index (χ4n) is 3.29. The molecule has 0 N–H and O–H groups in total. The van der Waals surface area contributed by atoms with Crippen LogP contribution in [-0.4, -0.2) is 0 Å². The summed E-state index contributed by atoms with van der Waals surface area (Å²) in [5, 5.41) is 0. The van der Waals surface area contributed by atoms with Crippen molar-refractivity contribution in [1.29, 1.82) is 0 Å². The van der Waals surface area contributed by atoms with Gasteiger partial charge in [-0.25, -0.2) is 0 Å². The summed E-state index contributed by atoms with van der Waals surface area (Å²) < 4.78 is 0. The van der Waals surface area contributed by atoms with E-state index in [1.165, 1.54) is 33.4 Å². The predicted octanol–water partition coefficient (Wildman–Crippen LogP) is 8.59. The monoisotopic (exact) mass is 394 g/mol. The van der Waals surface area contributed by atoms with Crippen LogP contribution in [-0.2, 0) is 12.8 Å². The molecule has 0 aliphatic carbocycles. The first kappa shape index (κ1) is 23.2. The third-order valence-electron chi connectivity index (χ3n) is 4.74. The maximum absolute atomic E-state index is 2.24. The molecule has 0 aliphatic heterocycles. The Hall–Kier alpha value is -3.12. The molecule has 0 radical (unpaired) electrons. The number of benzene rings is 4. The highest BCUT2D eigenvalue weighted by Crippen LogP contribution is 2.22. The van der Waals surface area contributed by atoms with Gasteiger partial charge in [0.1, 0.15) is 0 Å². The highest BCUT2D eigenvalue weighted by Gasteiger charge is 2.01. The third-order valence-corrected chi connectivity index (χ3v) is 4.74. The van der Waals surface area contributed by atoms with Crippen LogP contribution >= 0.6 is 0 Å². The summed E-state index contributed by atoms with van der Waals surface area (Å²) in [5.41, 5.74) is 7.94. The van der Waals surface area contributed by atoms with Crippen LogP contribution in [0.2, 0.25) is 0 Å². The minimum absolute atomic E-state index is 0.983. The lowest BCUT2D eigenvalue weighted by Crippen LogP contribution is -1.89. The Labute approximate surface area is 183 Å². The zero-order valence-electron chi connectivity index (χ0n) is 18.8. The molecule has 0 saturated heterocycles. The fourth-order valence-corrected chi connectivity index (χ4v) is 3.29. The zero-order valence-corrected chi connectivity index (χ0v) is 18.8. The molecule has 0 unspecified atom stereocenters. The number of hydrogen-bond acceptors (Lipinski definition) is 0. The average molecular weight is 395 g/mol. The maximum atomic E-state index is 2.24. The lowest BCUT2D eigenvalue weighted by molar-refractivity contribution is 1.19. The van der Waals surface area contributed by atoms with Crippen LogP contribution < -0.4 is 0 Å². The molecule has 0 atom stereocenters. The van der Waals surface area contributed by atoms with Crippen LogP contribution in [0.25, 0.3) is 11.1 Å². The van der Waals surface area contributed by atoms with Gasteiger partial charge in [0.2, 0.25) is 0 Å². The molecule has 0 fully saturated rings. The van der Waals surface area contributed by atoms with Crippen molar-refractivity contribution < 1.29 is 0 Å². The Morgan fingerprint density at radius 2 is 0.600 bits per heavy atom. The zero-order chi connectivity index (χ0) is 21.6. The second kappa shape index (κ2) is 13.2. The molecule has 0 aromatic heterocycles. The van der Waals surface area contributed by atoms with Gasteiger partial charge in [0.15, 0.2) is 0 Å². The van der Waals surface area contributed by atoms with Crippen molar-refractivity contribution in [2.75, 3.05) is 0 Å². The first-order valence-electron chi connectivity index (χ1n) is 11.1. The van der Waals surface area contributed by atoms with Crippen molar-refractivity contribution in [3.8, 4) is 11.1 Å². The van der Waals surface area contributed by atoms with Crippen LogP contribution in [0.5, 0.6) is 0 Å². The van der Waals surface area contributed by atoms with Gasteiger partial charge in [-0.3, -0.25) is 0 Å². The highest BCUT2D eigenvalue weighted by molar-refractivity contribution is 5.64.